The van der Waals surface area contributed by atoms with Crippen LogP contribution >= 0.6 is 34.5 Å². The molecule has 1 aromatic carbocycles. The second-order valence-electron chi connectivity index (χ2n) is 6.29. The van der Waals surface area contributed by atoms with Crippen LogP contribution in [0.5, 0.6) is 11.6 Å². The molecule has 0 aliphatic rings. The number of fused-ring (bicyclic) bond motifs is 1. The van der Waals surface area contributed by atoms with Crippen LogP contribution in [0.4, 0.5) is 13.2 Å². The number of ether oxygens (including phenoxy) is 1. The number of pyridine rings is 1. The molecule has 0 saturated carbocycles. The van der Waals surface area contributed by atoms with E-state index in [1.165, 1.54) is 50.9 Å². The first-order valence-electron chi connectivity index (χ1n) is 8.56. The molecular formula is C19H11Cl2F3N3O3S+. The molecule has 4 aromatic rings. The number of thiazole rings is 1. The predicted octanol–water partition coefficient (Wildman–Crippen LogP) is 4.67. The number of aromatic hydroxyl groups is 1. The summed E-state index contributed by atoms with van der Waals surface area (Å²) in [6.45, 7) is 0.0650. The van der Waals surface area contributed by atoms with Crippen molar-refractivity contribution in [2.24, 2.45) is 0 Å². The lowest BCUT2D eigenvalue weighted by Gasteiger charge is -2.12. The van der Waals surface area contributed by atoms with E-state index in [4.69, 9.17) is 23.2 Å². The first-order valence-corrected chi connectivity index (χ1v) is 10.1. The van der Waals surface area contributed by atoms with E-state index in [2.05, 4.69) is 9.72 Å². The van der Waals surface area contributed by atoms with Crippen molar-refractivity contribution in [1.29, 1.82) is 0 Å². The zero-order chi connectivity index (χ0) is 22.3. The Hall–Kier alpha value is -2.82. The highest BCUT2D eigenvalue weighted by Crippen LogP contribution is 2.30. The second kappa shape index (κ2) is 8.03. The van der Waals surface area contributed by atoms with E-state index in [0.29, 0.717) is 4.88 Å². The van der Waals surface area contributed by atoms with Crippen molar-refractivity contribution in [2.45, 2.75) is 12.9 Å². The molecule has 6 nitrogen and oxygen atoms in total. The molecule has 0 radical (unpaired) electrons. The van der Waals surface area contributed by atoms with Gasteiger partial charge in [-0.1, -0.05) is 35.3 Å². The van der Waals surface area contributed by atoms with E-state index in [-0.39, 0.29) is 32.8 Å². The Kier molecular flexibility index (Phi) is 5.54. The molecule has 31 heavy (non-hydrogen) atoms. The van der Waals surface area contributed by atoms with E-state index in [1.54, 1.807) is 6.07 Å². The van der Waals surface area contributed by atoms with E-state index in [0.717, 1.165) is 12.1 Å². The lowest BCUT2D eigenvalue weighted by atomic mass is 10.1. The molecule has 3 aromatic heterocycles. The summed E-state index contributed by atoms with van der Waals surface area (Å²) in [7, 11) is 0. The van der Waals surface area contributed by atoms with E-state index in [9.17, 15) is 23.1 Å². The van der Waals surface area contributed by atoms with Gasteiger partial charge in [0.05, 0.1) is 11.1 Å². The predicted molar refractivity (Wildman–Crippen MR) is 109 cm³/mol. The zero-order valence-electron chi connectivity index (χ0n) is 15.2. The largest absolute Gasteiger partial charge is 0.573 e. The summed E-state index contributed by atoms with van der Waals surface area (Å²) in [6, 6.07) is 7.88. The maximum Gasteiger partial charge on any atom is 0.573 e. The third kappa shape index (κ3) is 4.32. The van der Waals surface area contributed by atoms with E-state index in [1.807, 2.05) is 0 Å². The molecule has 0 aliphatic carbocycles. The van der Waals surface area contributed by atoms with Gasteiger partial charge >= 0.3 is 17.6 Å². The number of hydrogen-bond acceptors (Lipinski definition) is 5. The number of halogens is 5. The Labute approximate surface area is 186 Å². The number of hydrogen-bond donors (Lipinski definition) is 1. The zero-order valence-corrected chi connectivity index (χ0v) is 17.6. The number of nitrogens with zero attached hydrogens (tertiary/aromatic N) is 3. The van der Waals surface area contributed by atoms with Crippen molar-refractivity contribution >= 4 is 40.2 Å². The summed E-state index contributed by atoms with van der Waals surface area (Å²) >= 11 is 13.4. The van der Waals surface area contributed by atoms with Crippen molar-refractivity contribution in [3.63, 3.8) is 0 Å². The molecule has 3 heterocycles. The molecule has 0 saturated heterocycles. The molecule has 0 aliphatic heterocycles. The van der Waals surface area contributed by atoms with Gasteiger partial charge in [-0.3, -0.25) is 0 Å². The molecule has 160 valence electrons. The van der Waals surface area contributed by atoms with Gasteiger partial charge in [0.1, 0.15) is 17.3 Å². The summed E-state index contributed by atoms with van der Waals surface area (Å²) in [6.07, 6.45) is -1.95. The van der Waals surface area contributed by atoms with Crippen LogP contribution in [0.1, 0.15) is 4.88 Å². The van der Waals surface area contributed by atoms with Gasteiger partial charge in [-0.25, -0.2) is 9.78 Å². The van der Waals surface area contributed by atoms with Crippen LogP contribution in [0.2, 0.25) is 9.49 Å². The SMILES string of the molecule is O=c1c(-c2cccc(OC(F)(F)F)c2)c(O)[n+](Cc2cnc(Cl)s2)c2c(Cl)cccn12. The number of aromatic nitrogens is 3. The average Bonchev–Trinajstić information content (AvgIpc) is 3.09. The first kappa shape index (κ1) is 21.4. The molecule has 0 spiro atoms. The van der Waals surface area contributed by atoms with Crippen LogP contribution in [0.25, 0.3) is 16.8 Å². The lowest BCUT2D eigenvalue weighted by molar-refractivity contribution is -0.671. The first-order chi connectivity index (χ1) is 14.6. The summed E-state index contributed by atoms with van der Waals surface area (Å²) < 4.78 is 44.7. The van der Waals surface area contributed by atoms with Gasteiger partial charge in [0.2, 0.25) is 0 Å². The fourth-order valence-corrected chi connectivity index (χ4v) is 4.34. The maximum atomic E-state index is 13.1. The minimum absolute atomic E-state index is 0.0368. The Morgan fingerprint density at radius 3 is 2.68 bits per heavy atom. The van der Waals surface area contributed by atoms with Gasteiger partial charge in [0, 0.05) is 11.8 Å². The van der Waals surface area contributed by atoms with Crippen LogP contribution in [0.3, 0.4) is 0 Å². The normalized spacial score (nSPS) is 11.8. The highest BCUT2D eigenvalue weighted by molar-refractivity contribution is 7.15. The molecule has 4 rings (SSSR count). The van der Waals surface area contributed by atoms with Gasteiger partial charge in [0.25, 0.3) is 5.88 Å². The van der Waals surface area contributed by atoms with E-state index < -0.39 is 23.6 Å². The standard InChI is InChI=1S/C19H10Cl2F3N3O3S/c20-13-5-2-6-26-15(13)27(9-12-8-25-18(21)31-12)17(29)14(16(26)28)10-3-1-4-11(7-10)30-19(22,23)24/h1-8H,9H2/p+1. The summed E-state index contributed by atoms with van der Waals surface area (Å²) in [5, 5.41) is 11.2. The van der Waals surface area contributed by atoms with Crippen LogP contribution in [-0.4, -0.2) is 20.9 Å². The fourth-order valence-electron chi connectivity index (χ4n) is 3.11. The Morgan fingerprint density at radius 1 is 1.23 bits per heavy atom. The topological polar surface area (TPSA) is 67.7 Å². The van der Waals surface area contributed by atoms with Crippen molar-refractivity contribution in [1.82, 2.24) is 9.38 Å². The van der Waals surface area contributed by atoms with Crippen molar-refractivity contribution in [2.75, 3.05) is 0 Å². The maximum absolute atomic E-state index is 13.1. The fraction of sp³-hybridized carbons (Fsp3) is 0.105. The summed E-state index contributed by atoms with van der Waals surface area (Å²) in [5.74, 6) is -1.01. The van der Waals surface area contributed by atoms with Gasteiger partial charge < -0.3 is 9.84 Å². The van der Waals surface area contributed by atoms with Gasteiger partial charge in [0.15, 0.2) is 10.0 Å². The quantitative estimate of drug-likeness (QED) is 0.424. The highest BCUT2D eigenvalue weighted by Gasteiger charge is 2.32. The van der Waals surface area contributed by atoms with Gasteiger partial charge in [-0.15, -0.1) is 24.5 Å². The number of rotatable bonds is 4. The lowest BCUT2D eigenvalue weighted by Crippen LogP contribution is -2.41. The average molecular weight is 489 g/mol. The van der Waals surface area contributed by atoms with Crippen LogP contribution in [-0.2, 0) is 6.54 Å². The number of alkyl halides is 3. The smallest absolute Gasteiger partial charge is 0.477 e. The van der Waals surface area contributed by atoms with Crippen LogP contribution < -0.4 is 14.9 Å². The van der Waals surface area contributed by atoms with Crippen LogP contribution in [0.15, 0.2) is 53.6 Å². The molecule has 12 heteroatoms. The van der Waals surface area contributed by atoms with Crippen LogP contribution in [0, 0.1) is 0 Å². The van der Waals surface area contributed by atoms with E-state index >= 15 is 0 Å². The molecule has 0 unspecified atom stereocenters. The van der Waals surface area contributed by atoms with Crippen molar-refractivity contribution < 1.29 is 27.6 Å². The second-order valence-corrected chi connectivity index (χ2v) is 8.40. The minimum Gasteiger partial charge on any atom is -0.477 e. The Balaban J connectivity index is 1.97. The van der Waals surface area contributed by atoms with Gasteiger partial charge in [-0.05, 0) is 24.3 Å². The summed E-state index contributed by atoms with van der Waals surface area (Å²) in [4.78, 5) is 17.8. The monoisotopic (exact) mass is 488 g/mol. The number of benzene rings is 1. The van der Waals surface area contributed by atoms with Crippen molar-refractivity contribution in [3.05, 3.63) is 73.5 Å². The molecular weight excluding hydrogens is 478 g/mol. The summed E-state index contributed by atoms with van der Waals surface area (Å²) in [5.41, 5.74) is -0.655. The molecule has 0 bridgehead atoms. The molecule has 0 fully saturated rings. The highest BCUT2D eigenvalue weighted by atomic mass is 35.5. The molecule has 0 atom stereocenters. The molecule has 1 N–H and O–H groups in total. The Morgan fingerprint density at radius 2 is 2.00 bits per heavy atom. The van der Waals surface area contributed by atoms with Crippen molar-refractivity contribution in [3.8, 4) is 22.8 Å². The minimum atomic E-state index is -4.90. The third-order valence-corrected chi connectivity index (χ3v) is 5.68. The third-order valence-electron chi connectivity index (χ3n) is 4.28. The molecule has 0 amide bonds. The Bertz CT molecular complexity index is 1350. The van der Waals surface area contributed by atoms with Gasteiger partial charge in [-0.2, -0.15) is 8.97 Å².